The lowest BCUT2D eigenvalue weighted by atomic mass is 10.0. The third kappa shape index (κ3) is 6.44. The summed E-state index contributed by atoms with van der Waals surface area (Å²) in [5, 5.41) is 11.9. The molecular weight excluding hydrogens is 356 g/mol. The highest BCUT2D eigenvalue weighted by Gasteiger charge is 2.20. The van der Waals surface area contributed by atoms with Gasteiger partial charge in [0, 0.05) is 0 Å². The molecule has 6 nitrogen and oxygen atoms in total. The number of benzene rings is 2. The molecule has 28 heavy (non-hydrogen) atoms. The Bertz CT molecular complexity index is 854. The van der Waals surface area contributed by atoms with Gasteiger partial charge in [0.25, 0.3) is 5.91 Å². The third-order valence-electron chi connectivity index (χ3n) is 3.92. The second-order valence-corrected chi connectivity index (χ2v) is 6.67. The average molecular weight is 380 g/mol. The highest BCUT2D eigenvalue weighted by molar-refractivity contribution is 5.79. The molecule has 2 rings (SSSR count). The van der Waals surface area contributed by atoms with Gasteiger partial charge in [0.1, 0.15) is 11.8 Å². The molecule has 0 aliphatic carbocycles. The second-order valence-electron chi connectivity index (χ2n) is 6.67. The van der Waals surface area contributed by atoms with Gasteiger partial charge in [-0.15, -0.1) is 0 Å². The van der Waals surface area contributed by atoms with E-state index in [4.69, 9.17) is 14.7 Å². The van der Waals surface area contributed by atoms with Gasteiger partial charge < -0.3 is 14.8 Å². The summed E-state index contributed by atoms with van der Waals surface area (Å²) in [5.41, 5.74) is 2.23. The number of ether oxygens (including phenoxy) is 2. The summed E-state index contributed by atoms with van der Waals surface area (Å²) in [6, 6.07) is 15.8. The first-order valence-electron chi connectivity index (χ1n) is 9.06. The smallest absolute Gasteiger partial charge is 0.308 e. The number of hydrogen-bond donors (Lipinski definition) is 1. The van der Waals surface area contributed by atoms with Gasteiger partial charge in [-0.3, -0.25) is 9.59 Å². The lowest BCUT2D eigenvalue weighted by Gasteiger charge is -2.20. The average Bonchev–Trinajstić information content (AvgIpc) is 2.66. The number of nitrogens with zero attached hydrogens (tertiary/aromatic N) is 1. The molecule has 0 heterocycles. The van der Waals surface area contributed by atoms with Crippen molar-refractivity contribution in [3.8, 4) is 11.8 Å². The summed E-state index contributed by atoms with van der Waals surface area (Å²) in [6.45, 7) is 5.25. The quantitative estimate of drug-likeness (QED) is 0.709. The van der Waals surface area contributed by atoms with Gasteiger partial charge in [0.05, 0.1) is 24.1 Å². The minimum atomic E-state index is -0.533. The Hall–Kier alpha value is -3.33. The molecule has 2 aromatic rings. The third-order valence-corrected chi connectivity index (χ3v) is 3.92. The van der Waals surface area contributed by atoms with Crippen molar-refractivity contribution in [3.63, 3.8) is 0 Å². The van der Waals surface area contributed by atoms with Crippen molar-refractivity contribution in [2.45, 2.75) is 39.3 Å². The molecule has 0 aliphatic heterocycles. The number of carbonyl (C=O) groups excluding carboxylic acids is 2. The summed E-state index contributed by atoms with van der Waals surface area (Å²) in [5.74, 6) is -0.446. The van der Waals surface area contributed by atoms with Gasteiger partial charge in [-0.2, -0.15) is 5.26 Å². The van der Waals surface area contributed by atoms with Crippen LogP contribution in [-0.4, -0.2) is 24.6 Å². The van der Waals surface area contributed by atoms with E-state index in [0.717, 1.165) is 11.1 Å². The molecule has 0 fully saturated rings. The number of hydrogen-bond acceptors (Lipinski definition) is 5. The molecule has 0 aliphatic rings. The molecule has 1 amide bonds. The molecule has 0 spiro atoms. The Morgan fingerprint density at radius 2 is 1.79 bits per heavy atom. The molecule has 1 atom stereocenters. The van der Waals surface area contributed by atoms with Gasteiger partial charge in [0.2, 0.25) is 0 Å². The van der Waals surface area contributed by atoms with E-state index >= 15 is 0 Å². The molecule has 0 bridgehead atoms. The van der Waals surface area contributed by atoms with Crippen molar-refractivity contribution in [3.05, 3.63) is 65.2 Å². The Kier molecular flexibility index (Phi) is 7.58. The van der Waals surface area contributed by atoms with Crippen LogP contribution in [-0.2, 0) is 14.3 Å². The van der Waals surface area contributed by atoms with Crippen LogP contribution in [0.25, 0.3) is 0 Å². The van der Waals surface area contributed by atoms with Crippen molar-refractivity contribution >= 4 is 11.9 Å². The molecule has 0 radical (unpaired) electrons. The summed E-state index contributed by atoms with van der Waals surface area (Å²) >= 11 is 0. The van der Waals surface area contributed by atoms with E-state index < -0.39 is 17.9 Å². The van der Waals surface area contributed by atoms with Gasteiger partial charge in [-0.05, 0) is 38.5 Å². The molecule has 0 saturated heterocycles. The standard InChI is InChI=1S/C22H24N2O4/c1-15(2)28-22(26)12-19(17-10-8-16(3)9-11-17)24-21(25)14-27-20-7-5-4-6-18(20)13-23/h4-11,15,19H,12,14H2,1-3H3,(H,24,25). The molecule has 0 saturated carbocycles. The number of amides is 1. The minimum Gasteiger partial charge on any atom is -0.482 e. The normalized spacial score (nSPS) is 11.4. The van der Waals surface area contributed by atoms with E-state index in [9.17, 15) is 9.59 Å². The Morgan fingerprint density at radius 1 is 1.11 bits per heavy atom. The molecule has 1 N–H and O–H groups in total. The molecular formula is C22H24N2O4. The van der Waals surface area contributed by atoms with Crippen molar-refractivity contribution in [2.75, 3.05) is 6.61 Å². The summed E-state index contributed by atoms with van der Waals surface area (Å²) in [4.78, 5) is 24.5. The van der Waals surface area contributed by atoms with Crippen LogP contribution < -0.4 is 10.1 Å². The van der Waals surface area contributed by atoms with E-state index in [-0.39, 0.29) is 19.1 Å². The number of esters is 1. The van der Waals surface area contributed by atoms with Crippen LogP contribution in [0, 0.1) is 18.3 Å². The fourth-order valence-electron chi connectivity index (χ4n) is 2.59. The molecule has 2 aromatic carbocycles. The second kappa shape index (κ2) is 10.1. The monoisotopic (exact) mass is 380 g/mol. The Labute approximate surface area is 165 Å². The van der Waals surface area contributed by atoms with Crippen LogP contribution in [0.2, 0.25) is 0 Å². The van der Waals surface area contributed by atoms with E-state index in [2.05, 4.69) is 5.32 Å². The lowest BCUT2D eigenvalue weighted by molar-refractivity contribution is -0.148. The summed E-state index contributed by atoms with van der Waals surface area (Å²) in [7, 11) is 0. The largest absolute Gasteiger partial charge is 0.482 e. The molecule has 1 unspecified atom stereocenters. The van der Waals surface area contributed by atoms with Crippen molar-refractivity contribution in [1.29, 1.82) is 5.26 Å². The fourth-order valence-corrected chi connectivity index (χ4v) is 2.59. The highest BCUT2D eigenvalue weighted by Crippen LogP contribution is 2.20. The summed E-state index contributed by atoms with van der Waals surface area (Å²) in [6.07, 6.45) is -0.213. The van der Waals surface area contributed by atoms with E-state index in [1.807, 2.05) is 37.3 Å². The lowest BCUT2D eigenvalue weighted by Crippen LogP contribution is -2.34. The van der Waals surface area contributed by atoms with Crippen molar-refractivity contribution in [1.82, 2.24) is 5.32 Å². The topological polar surface area (TPSA) is 88.4 Å². The van der Waals surface area contributed by atoms with Gasteiger partial charge in [-0.25, -0.2) is 0 Å². The molecule has 6 heteroatoms. The number of rotatable bonds is 8. The molecule has 146 valence electrons. The minimum absolute atomic E-state index is 0.0156. The highest BCUT2D eigenvalue weighted by atomic mass is 16.5. The van der Waals surface area contributed by atoms with Gasteiger partial charge >= 0.3 is 5.97 Å². The zero-order valence-electron chi connectivity index (χ0n) is 16.3. The zero-order chi connectivity index (χ0) is 20.5. The first-order chi connectivity index (χ1) is 13.4. The fraction of sp³-hybridized carbons (Fsp3) is 0.318. The Balaban J connectivity index is 2.06. The maximum atomic E-state index is 12.4. The van der Waals surface area contributed by atoms with Crippen LogP contribution in [0.5, 0.6) is 5.75 Å². The number of carbonyl (C=O) groups is 2. The first-order valence-corrected chi connectivity index (χ1v) is 9.06. The van der Waals surface area contributed by atoms with Crippen molar-refractivity contribution < 1.29 is 19.1 Å². The van der Waals surface area contributed by atoms with Gasteiger partial charge in [-0.1, -0.05) is 42.0 Å². The van der Waals surface area contributed by atoms with Crippen LogP contribution in [0.1, 0.15) is 43.0 Å². The maximum absolute atomic E-state index is 12.4. The Morgan fingerprint density at radius 3 is 2.43 bits per heavy atom. The van der Waals surface area contributed by atoms with Crippen LogP contribution in [0.3, 0.4) is 0 Å². The zero-order valence-corrected chi connectivity index (χ0v) is 16.3. The predicted molar refractivity (Wildman–Crippen MR) is 105 cm³/mol. The van der Waals surface area contributed by atoms with Crippen LogP contribution in [0.15, 0.2) is 48.5 Å². The van der Waals surface area contributed by atoms with E-state index in [1.54, 1.807) is 38.1 Å². The maximum Gasteiger partial charge on any atom is 0.308 e. The van der Waals surface area contributed by atoms with E-state index in [0.29, 0.717) is 11.3 Å². The van der Waals surface area contributed by atoms with Crippen molar-refractivity contribution in [2.24, 2.45) is 0 Å². The first kappa shape index (κ1) is 21.0. The predicted octanol–water partition coefficient (Wildman–Crippen LogP) is 3.44. The number of nitriles is 1. The van der Waals surface area contributed by atoms with E-state index in [1.165, 1.54) is 0 Å². The van der Waals surface area contributed by atoms with Gasteiger partial charge in [0.15, 0.2) is 6.61 Å². The van der Waals surface area contributed by atoms with Crippen LogP contribution in [0.4, 0.5) is 0 Å². The number of aryl methyl sites for hydroxylation is 1. The van der Waals surface area contributed by atoms with Crippen LogP contribution >= 0.6 is 0 Å². The number of nitrogens with one attached hydrogen (secondary N) is 1. The summed E-state index contributed by atoms with van der Waals surface area (Å²) < 4.78 is 10.7. The SMILES string of the molecule is Cc1ccc(C(CC(=O)OC(C)C)NC(=O)COc2ccccc2C#N)cc1. The number of para-hydroxylation sites is 1. The molecule has 0 aromatic heterocycles.